The van der Waals surface area contributed by atoms with Crippen LogP contribution < -0.4 is 0 Å². The standard InChI is InChI=1S/C12H9FN2O4S/c1-6-11(12(16)17)20-10(14-6)5-7-2-3-8(13)9(4-7)15(18)19/h2-4H,5H2,1H3,(H,16,17). The third kappa shape index (κ3) is 2.80. The molecule has 0 aliphatic heterocycles. The Balaban J connectivity index is 2.31. The SMILES string of the molecule is Cc1nc(Cc2ccc(F)c([N+](=O)[O-])c2)sc1C(=O)O. The van der Waals surface area contributed by atoms with Crippen LogP contribution in [-0.4, -0.2) is 21.0 Å². The van der Waals surface area contributed by atoms with Gasteiger partial charge in [-0.1, -0.05) is 6.07 Å². The summed E-state index contributed by atoms with van der Waals surface area (Å²) in [6, 6.07) is 3.57. The van der Waals surface area contributed by atoms with Gasteiger partial charge in [-0.15, -0.1) is 11.3 Å². The van der Waals surface area contributed by atoms with Gasteiger partial charge in [0, 0.05) is 12.5 Å². The maximum absolute atomic E-state index is 13.2. The molecule has 0 unspecified atom stereocenters. The van der Waals surface area contributed by atoms with Crippen LogP contribution in [0.4, 0.5) is 10.1 Å². The third-order valence-corrected chi connectivity index (χ3v) is 3.74. The minimum Gasteiger partial charge on any atom is -0.477 e. The van der Waals surface area contributed by atoms with Crippen LogP contribution in [0.5, 0.6) is 0 Å². The van der Waals surface area contributed by atoms with Crippen LogP contribution in [0.2, 0.25) is 0 Å². The molecule has 0 fully saturated rings. The number of nitrogens with zero attached hydrogens (tertiary/aromatic N) is 2. The lowest BCUT2D eigenvalue weighted by molar-refractivity contribution is -0.387. The van der Waals surface area contributed by atoms with E-state index >= 15 is 0 Å². The first-order valence-corrected chi connectivity index (χ1v) is 6.32. The average Bonchev–Trinajstić information content (AvgIpc) is 2.72. The van der Waals surface area contributed by atoms with E-state index < -0.39 is 22.4 Å². The molecular weight excluding hydrogens is 287 g/mol. The van der Waals surface area contributed by atoms with E-state index in [0.717, 1.165) is 23.5 Å². The van der Waals surface area contributed by atoms with Gasteiger partial charge in [-0.2, -0.15) is 4.39 Å². The van der Waals surface area contributed by atoms with Crippen molar-refractivity contribution >= 4 is 23.0 Å². The smallest absolute Gasteiger partial charge is 0.347 e. The van der Waals surface area contributed by atoms with E-state index in [1.165, 1.54) is 6.07 Å². The molecule has 0 atom stereocenters. The number of aromatic carboxylic acids is 1. The maximum Gasteiger partial charge on any atom is 0.347 e. The minimum absolute atomic E-state index is 0.136. The summed E-state index contributed by atoms with van der Waals surface area (Å²) < 4.78 is 13.2. The molecule has 1 aromatic heterocycles. The molecule has 0 aliphatic rings. The van der Waals surface area contributed by atoms with Gasteiger partial charge < -0.3 is 5.11 Å². The largest absolute Gasteiger partial charge is 0.477 e. The fourth-order valence-electron chi connectivity index (χ4n) is 1.71. The monoisotopic (exact) mass is 296 g/mol. The zero-order chi connectivity index (χ0) is 14.9. The number of hydrogen-bond donors (Lipinski definition) is 1. The summed E-state index contributed by atoms with van der Waals surface area (Å²) in [5.74, 6) is -1.96. The second-order valence-corrected chi connectivity index (χ2v) is 5.13. The highest BCUT2D eigenvalue weighted by atomic mass is 32.1. The number of hydrogen-bond acceptors (Lipinski definition) is 5. The predicted octanol–water partition coefficient (Wildman–Crippen LogP) is 2.79. The van der Waals surface area contributed by atoms with Crippen molar-refractivity contribution in [1.82, 2.24) is 4.98 Å². The highest BCUT2D eigenvalue weighted by molar-refractivity contribution is 7.13. The Morgan fingerprint density at radius 2 is 2.25 bits per heavy atom. The van der Waals surface area contributed by atoms with Gasteiger partial charge in [0.15, 0.2) is 0 Å². The Morgan fingerprint density at radius 1 is 1.55 bits per heavy atom. The van der Waals surface area contributed by atoms with Gasteiger partial charge >= 0.3 is 11.7 Å². The fourth-order valence-corrected chi connectivity index (χ4v) is 2.65. The molecule has 1 N–H and O–H groups in total. The third-order valence-electron chi connectivity index (χ3n) is 2.60. The fraction of sp³-hybridized carbons (Fsp3) is 0.167. The van der Waals surface area contributed by atoms with Crippen molar-refractivity contribution in [1.29, 1.82) is 0 Å². The molecule has 0 saturated carbocycles. The van der Waals surface area contributed by atoms with Crippen LogP contribution in [0.25, 0.3) is 0 Å². The molecule has 0 radical (unpaired) electrons. The van der Waals surface area contributed by atoms with E-state index in [9.17, 15) is 19.3 Å². The van der Waals surface area contributed by atoms with Crippen LogP contribution in [0.1, 0.15) is 25.9 Å². The topological polar surface area (TPSA) is 93.3 Å². The predicted molar refractivity (Wildman–Crippen MR) is 69.7 cm³/mol. The van der Waals surface area contributed by atoms with E-state index in [1.54, 1.807) is 6.92 Å². The van der Waals surface area contributed by atoms with Crippen LogP contribution in [0, 0.1) is 22.9 Å². The Hall–Kier alpha value is -2.35. The summed E-state index contributed by atoms with van der Waals surface area (Å²) >= 11 is 1.01. The number of carbonyl (C=O) groups is 1. The van der Waals surface area contributed by atoms with Crippen molar-refractivity contribution in [3.8, 4) is 0 Å². The molecule has 2 rings (SSSR count). The number of rotatable bonds is 4. The van der Waals surface area contributed by atoms with Crippen molar-refractivity contribution in [2.24, 2.45) is 0 Å². The molecule has 104 valence electrons. The average molecular weight is 296 g/mol. The molecule has 6 nitrogen and oxygen atoms in total. The first-order chi connectivity index (χ1) is 9.38. The Bertz CT molecular complexity index is 699. The number of benzene rings is 1. The van der Waals surface area contributed by atoms with Crippen molar-refractivity contribution < 1.29 is 19.2 Å². The highest BCUT2D eigenvalue weighted by Crippen LogP contribution is 2.24. The quantitative estimate of drug-likeness (QED) is 0.691. The van der Waals surface area contributed by atoms with E-state index in [4.69, 9.17) is 5.11 Å². The van der Waals surface area contributed by atoms with Gasteiger partial charge in [-0.3, -0.25) is 10.1 Å². The zero-order valence-electron chi connectivity index (χ0n) is 10.3. The van der Waals surface area contributed by atoms with Gasteiger partial charge in [0.05, 0.1) is 15.6 Å². The summed E-state index contributed by atoms with van der Waals surface area (Å²) in [6.45, 7) is 1.58. The molecule has 8 heteroatoms. The summed E-state index contributed by atoms with van der Waals surface area (Å²) in [5, 5.41) is 20.1. The van der Waals surface area contributed by atoms with E-state index in [-0.39, 0.29) is 11.3 Å². The van der Waals surface area contributed by atoms with Gasteiger partial charge in [0.2, 0.25) is 5.82 Å². The molecule has 1 aromatic carbocycles. The number of halogens is 1. The van der Waals surface area contributed by atoms with Crippen LogP contribution in [-0.2, 0) is 6.42 Å². The Morgan fingerprint density at radius 3 is 2.80 bits per heavy atom. The molecule has 1 heterocycles. The summed E-state index contributed by atoms with van der Waals surface area (Å²) in [5.41, 5.74) is 0.298. The van der Waals surface area contributed by atoms with Crippen molar-refractivity contribution in [3.05, 3.63) is 55.3 Å². The zero-order valence-corrected chi connectivity index (χ0v) is 11.1. The number of nitro benzene ring substituents is 1. The van der Waals surface area contributed by atoms with E-state index in [0.29, 0.717) is 16.3 Å². The number of carboxylic acid groups (broad SMARTS) is 1. The minimum atomic E-state index is -1.06. The molecule has 0 aliphatic carbocycles. The van der Waals surface area contributed by atoms with Crippen molar-refractivity contribution in [2.75, 3.05) is 0 Å². The number of nitro groups is 1. The summed E-state index contributed by atoms with van der Waals surface area (Å²) in [4.78, 5) is 25.0. The first kappa shape index (κ1) is 14.1. The number of thiazole rings is 1. The molecular formula is C12H9FN2O4S. The molecule has 20 heavy (non-hydrogen) atoms. The van der Waals surface area contributed by atoms with Gasteiger partial charge in [0.1, 0.15) is 4.88 Å². The van der Waals surface area contributed by atoms with Gasteiger partial charge in [0.25, 0.3) is 0 Å². The highest BCUT2D eigenvalue weighted by Gasteiger charge is 2.17. The normalized spacial score (nSPS) is 10.5. The van der Waals surface area contributed by atoms with E-state index in [2.05, 4.69) is 4.98 Å². The molecule has 0 saturated heterocycles. The van der Waals surface area contributed by atoms with Gasteiger partial charge in [-0.05, 0) is 18.6 Å². The number of aryl methyl sites for hydroxylation is 1. The van der Waals surface area contributed by atoms with Gasteiger partial charge in [-0.25, -0.2) is 9.78 Å². The lowest BCUT2D eigenvalue weighted by Gasteiger charge is -1.99. The second-order valence-electron chi connectivity index (χ2n) is 4.05. The Kier molecular flexibility index (Phi) is 3.75. The number of aromatic nitrogens is 1. The molecule has 0 amide bonds. The maximum atomic E-state index is 13.2. The van der Waals surface area contributed by atoms with Crippen molar-refractivity contribution in [3.63, 3.8) is 0 Å². The lowest BCUT2D eigenvalue weighted by Crippen LogP contribution is -1.95. The Labute approximate surface area is 116 Å². The van der Waals surface area contributed by atoms with Crippen LogP contribution >= 0.6 is 11.3 Å². The van der Waals surface area contributed by atoms with Crippen LogP contribution in [0.3, 0.4) is 0 Å². The first-order valence-electron chi connectivity index (χ1n) is 5.51. The lowest BCUT2D eigenvalue weighted by atomic mass is 10.1. The summed E-state index contributed by atoms with van der Waals surface area (Å²) in [7, 11) is 0. The van der Waals surface area contributed by atoms with E-state index in [1.807, 2.05) is 0 Å². The molecule has 0 spiro atoms. The molecule has 0 bridgehead atoms. The number of carboxylic acids is 1. The molecule has 2 aromatic rings. The van der Waals surface area contributed by atoms with Crippen LogP contribution in [0.15, 0.2) is 18.2 Å². The second kappa shape index (κ2) is 5.33. The van der Waals surface area contributed by atoms with Crippen molar-refractivity contribution in [2.45, 2.75) is 13.3 Å². The summed E-state index contributed by atoms with van der Waals surface area (Å²) in [6.07, 6.45) is 0.222.